The molecule has 1 saturated carbocycles. The summed E-state index contributed by atoms with van der Waals surface area (Å²) in [5.74, 6) is -0.293. The fourth-order valence-electron chi connectivity index (χ4n) is 4.96. The van der Waals surface area contributed by atoms with E-state index in [0.717, 1.165) is 32.1 Å². The largest absolute Gasteiger partial charge is 1.00 e. The van der Waals surface area contributed by atoms with E-state index in [9.17, 15) is 24.9 Å². The van der Waals surface area contributed by atoms with Crippen molar-refractivity contribution in [1.29, 1.82) is 0 Å². The summed E-state index contributed by atoms with van der Waals surface area (Å²) in [4.78, 5) is 23.0. The van der Waals surface area contributed by atoms with Crippen molar-refractivity contribution in [1.82, 2.24) is 0 Å². The van der Waals surface area contributed by atoms with Gasteiger partial charge in [0.05, 0.1) is 18.1 Å². The first-order chi connectivity index (χ1) is 13.7. The predicted octanol–water partition coefficient (Wildman–Crippen LogP) is -0.781. The number of rotatable bonds is 10. The fraction of sp³-hybridized carbons (Fsp3) is 0.826. The van der Waals surface area contributed by atoms with E-state index in [1.165, 1.54) is 0 Å². The summed E-state index contributed by atoms with van der Waals surface area (Å²) in [6.45, 7) is 6.05. The molecular weight excluding hydrogens is 395 g/mol. The van der Waals surface area contributed by atoms with E-state index in [4.69, 9.17) is 4.74 Å². The average molecular weight is 433 g/mol. The van der Waals surface area contributed by atoms with Crippen molar-refractivity contribution >= 4 is 11.9 Å². The SMILES string of the molecule is CC[C@H](C)C(=O)O[C@H]1CCC[C@@H]2C=C[C@H](C)[C@H](CC[C@@H](O)C[C@@H](O)CC(=O)[O-])[C@@H]12.[Na+]. The van der Waals surface area contributed by atoms with Crippen molar-refractivity contribution in [2.45, 2.75) is 90.4 Å². The molecule has 8 atom stereocenters. The second kappa shape index (κ2) is 13.2. The number of carbonyl (C=O) groups is 2. The third-order valence-electron chi connectivity index (χ3n) is 6.84. The van der Waals surface area contributed by atoms with Gasteiger partial charge in [0.15, 0.2) is 0 Å². The Balaban J connectivity index is 0.00000450. The Kier molecular flexibility index (Phi) is 12.2. The number of esters is 1. The van der Waals surface area contributed by atoms with E-state index in [-0.39, 0.29) is 65.8 Å². The molecule has 30 heavy (non-hydrogen) atoms. The summed E-state index contributed by atoms with van der Waals surface area (Å²) >= 11 is 0. The summed E-state index contributed by atoms with van der Waals surface area (Å²) in [6.07, 6.45) is 7.17. The molecule has 0 saturated heterocycles. The summed E-state index contributed by atoms with van der Waals surface area (Å²) in [5.41, 5.74) is 0. The number of ether oxygens (including phenoxy) is 1. The van der Waals surface area contributed by atoms with Crippen LogP contribution in [0, 0.1) is 29.6 Å². The zero-order valence-electron chi connectivity index (χ0n) is 19.0. The van der Waals surface area contributed by atoms with Gasteiger partial charge in [-0.25, -0.2) is 0 Å². The number of aliphatic hydroxyl groups excluding tert-OH is 2. The summed E-state index contributed by atoms with van der Waals surface area (Å²) < 4.78 is 5.96. The predicted molar refractivity (Wildman–Crippen MR) is 107 cm³/mol. The smallest absolute Gasteiger partial charge is 0.550 e. The molecule has 7 heteroatoms. The molecule has 0 amide bonds. The van der Waals surface area contributed by atoms with Crippen LogP contribution in [0.25, 0.3) is 0 Å². The maximum atomic E-state index is 12.4. The first kappa shape index (κ1) is 27.6. The Hall–Kier alpha value is -0.400. The van der Waals surface area contributed by atoms with Crippen LogP contribution in [0.3, 0.4) is 0 Å². The van der Waals surface area contributed by atoms with Gasteiger partial charge in [-0.15, -0.1) is 0 Å². The van der Waals surface area contributed by atoms with Crippen LogP contribution < -0.4 is 34.7 Å². The van der Waals surface area contributed by atoms with Crippen LogP contribution in [0.5, 0.6) is 0 Å². The quantitative estimate of drug-likeness (QED) is 0.266. The number of hydrogen-bond donors (Lipinski definition) is 2. The van der Waals surface area contributed by atoms with Crippen LogP contribution in [0.15, 0.2) is 12.2 Å². The topological polar surface area (TPSA) is 107 Å². The Bertz CT molecular complexity index is 580. The van der Waals surface area contributed by atoms with E-state index in [2.05, 4.69) is 19.1 Å². The second-order valence-corrected chi connectivity index (χ2v) is 9.06. The minimum absolute atomic E-state index is 0. The number of carbonyl (C=O) groups excluding carboxylic acids is 2. The van der Waals surface area contributed by atoms with Gasteiger partial charge in [0.1, 0.15) is 6.10 Å². The van der Waals surface area contributed by atoms with E-state index in [1.54, 1.807) is 0 Å². The van der Waals surface area contributed by atoms with Crippen molar-refractivity contribution in [3.05, 3.63) is 12.2 Å². The normalized spacial score (nSPS) is 31.0. The standard InChI is InChI=1S/C23H38O6.Na/c1-4-14(2)23(28)29-20-7-5-6-16-9-8-15(3)19(22(16)20)11-10-17(24)12-18(25)13-21(26)27;/h8-9,14-20,22,24-25H,4-7,10-13H2,1-3H3,(H,26,27);/q;+1/p-1/t14-,15-,16+,17+,18+,19-,20-,22-;/m0./s1. The maximum absolute atomic E-state index is 12.4. The molecule has 0 aromatic heterocycles. The van der Waals surface area contributed by atoms with Crippen LogP contribution in [0.1, 0.15) is 72.1 Å². The molecule has 0 radical (unpaired) electrons. The van der Waals surface area contributed by atoms with Gasteiger partial charge in [-0.3, -0.25) is 4.79 Å². The molecule has 0 aromatic rings. The fourth-order valence-corrected chi connectivity index (χ4v) is 4.96. The molecule has 0 heterocycles. The van der Waals surface area contributed by atoms with Crippen molar-refractivity contribution in [3.63, 3.8) is 0 Å². The monoisotopic (exact) mass is 432 g/mol. The number of aliphatic hydroxyl groups is 2. The molecule has 166 valence electrons. The van der Waals surface area contributed by atoms with Crippen molar-refractivity contribution in [3.8, 4) is 0 Å². The molecule has 2 aliphatic rings. The molecule has 0 unspecified atom stereocenters. The Morgan fingerprint density at radius 2 is 1.90 bits per heavy atom. The zero-order valence-corrected chi connectivity index (χ0v) is 21.0. The molecule has 6 nitrogen and oxygen atoms in total. The molecular formula is C23H37NaO6. The van der Waals surface area contributed by atoms with Crippen LogP contribution in [0.4, 0.5) is 0 Å². The molecule has 0 aliphatic heterocycles. The molecule has 1 fully saturated rings. The molecule has 0 spiro atoms. The van der Waals surface area contributed by atoms with Gasteiger partial charge >= 0.3 is 35.5 Å². The Morgan fingerprint density at radius 3 is 2.53 bits per heavy atom. The van der Waals surface area contributed by atoms with Crippen molar-refractivity contribution in [2.75, 3.05) is 0 Å². The van der Waals surface area contributed by atoms with Gasteiger partial charge in [-0.2, -0.15) is 0 Å². The van der Waals surface area contributed by atoms with Gasteiger partial charge in [0.2, 0.25) is 0 Å². The van der Waals surface area contributed by atoms with Crippen molar-refractivity contribution in [2.24, 2.45) is 29.6 Å². The van der Waals surface area contributed by atoms with Crippen LogP contribution in [-0.4, -0.2) is 40.5 Å². The maximum Gasteiger partial charge on any atom is 1.00 e. The number of carboxylic acid groups (broad SMARTS) is 1. The summed E-state index contributed by atoms with van der Waals surface area (Å²) in [7, 11) is 0. The van der Waals surface area contributed by atoms with E-state index in [0.29, 0.717) is 18.3 Å². The first-order valence-electron chi connectivity index (χ1n) is 11.2. The molecule has 2 rings (SSSR count). The van der Waals surface area contributed by atoms with Gasteiger partial charge in [0.25, 0.3) is 0 Å². The third-order valence-corrected chi connectivity index (χ3v) is 6.84. The minimum atomic E-state index is -1.31. The molecule has 0 aromatic carbocycles. The van der Waals surface area contributed by atoms with E-state index < -0.39 is 24.6 Å². The second-order valence-electron chi connectivity index (χ2n) is 9.06. The summed E-state index contributed by atoms with van der Waals surface area (Å²) in [5, 5.41) is 30.6. The van der Waals surface area contributed by atoms with Crippen LogP contribution in [0.2, 0.25) is 0 Å². The molecule has 0 bridgehead atoms. The third kappa shape index (κ3) is 7.94. The van der Waals surface area contributed by atoms with E-state index in [1.807, 2.05) is 13.8 Å². The average Bonchev–Trinajstić information content (AvgIpc) is 2.66. The van der Waals surface area contributed by atoms with Gasteiger partial charge < -0.3 is 24.9 Å². The van der Waals surface area contributed by atoms with Gasteiger partial charge in [-0.1, -0.05) is 32.9 Å². The molecule has 2 N–H and O–H groups in total. The zero-order chi connectivity index (χ0) is 21.6. The van der Waals surface area contributed by atoms with Crippen molar-refractivity contribution < 1.29 is 59.2 Å². The summed E-state index contributed by atoms with van der Waals surface area (Å²) in [6, 6.07) is 0. The Labute approximate surface area is 202 Å². The van der Waals surface area contributed by atoms with E-state index >= 15 is 0 Å². The number of allylic oxidation sites excluding steroid dienone is 2. The van der Waals surface area contributed by atoms with Gasteiger partial charge in [-0.05, 0) is 62.7 Å². The first-order valence-corrected chi connectivity index (χ1v) is 11.2. The minimum Gasteiger partial charge on any atom is -0.550 e. The number of aliphatic carboxylic acids is 1. The number of hydrogen-bond acceptors (Lipinski definition) is 6. The number of carboxylic acids is 1. The van der Waals surface area contributed by atoms with Crippen LogP contribution >= 0.6 is 0 Å². The van der Waals surface area contributed by atoms with Crippen LogP contribution in [-0.2, 0) is 14.3 Å². The Morgan fingerprint density at radius 1 is 1.20 bits per heavy atom. The molecule has 2 aliphatic carbocycles. The number of fused-ring (bicyclic) bond motifs is 1. The van der Waals surface area contributed by atoms with Gasteiger partial charge in [0, 0.05) is 18.3 Å².